The van der Waals surface area contributed by atoms with E-state index < -0.39 is 16.9 Å². The van der Waals surface area contributed by atoms with E-state index in [2.05, 4.69) is 4.99 Å². The van der Waals surface area contributed by atoms with E-state index in [0.717, 1.165) is 16.3 Å². The predicted molar refractivity (Wildman–Crippen MR) is 158 cm³/mol. The molecule has 5 rings (SSSR count). The number of aromatic nitrogens is 1. The predicted octanol–water partition coefficient (Wildman–Crippen LogP) is 4.96. The van der Waals surface area contributed by atoms with Gasteiger partial charge in [0.25, 0.3) is 11.2 Å². The molecule has 1 atom stereocenters. The summed E-state index contributed by atoms with van der Waals surface area (Å²) in [6.07, 6.45) is 1.71. The molecule has 0 aliphatic carbocycles. The fourth-order valence-corrected chi connectivity index (χ4v) is 6.04. The second-order valence-corrected chi connectivity index (χ2v) is 11.0. The summed E-state index contributed by atoms with van der Waals surface area (Å²) < 4.78 is 13.3. The standard InChI is InChI=1S/C31H29N3O6S/c1-6-39-30(36)27-19(5)32-31-33(28(27)21-12-11-18(4)24(15-21)34(37)38)29(35)26(41-31)16-23-22-10-8-7-9-20(22)13-14-25(23)40-17(2)3/h7-17,28H,6H2,1-5H3/b26-16+/t28-/m0/s1. The lowest BCUT2D eigenvalue weighted by atomic mass is 9.94. The van der Waals surface area contributed by atoms with Gasteiger partial charge in [0, 0.05) is 17.2 Å². The number of aryl methyl sites for hydroxylation is 1. The third kappa shape index (κ3) is 5.18. The van der Waals surface area contributed by atoms with Gasteiger partial charge in [0.1, 0.15) is 5.75 Å². The zero-order valence-corrected chi connectivity index (χ0v) is 24.2. The zero-order chi connectivity index (χ0) is 29.4. The van der Waals surface area contributed by atoms with Crippen LogP contribution in [0.5, 0.6) is 5.75 Å². The van der Waals surface area contributed by atoms with Crippen LogP contribution in [0.3, 0.4) is 0 Å². The Balaban J connectivity index is 1.80. The van der Waals surface area contributed by atoms with Gasteiger partial charge in [0.2, 0.25) is 0 Å². The molecule has 0 amide bonds. The van der Waals surface area contributed by atoms with Crippen molar-refractivity contribution >= 4 is 39.8 Å². The van der Waals surface area contributed by atoms with Crippen molar-refractivity contribution in [1.29, 1.82) is 0 Å². The molecule has 9 nitrogen and oxygen atoms in total. The van der Waals surface area contributed by atoms with Crippen LogP contribution in [-0.2, 0) is 9.53 Å². The molecule has 0 radical (unpaired) electrons. The number of nitrogens with zero attached hydrogens (tertiary/aromatic N) is 3. The first kappa shape index (κ1) is 28.0. The monoisotopic (exact) mass is 571 g/mol. The normalized spacial score (nSPS) is 15.2. The van der Waals surface area contributed by atoms with Crippen LogP contribution in [0.2, 0.25) is 0 Å². The maximum atomic E-state index is 14.1. The van der Waals surface area contributed by atoms with Gasteiger partial charge in [-0.25, -0.2) is 9.79 Å². The van der Waals surface area contributed by atoms with Crippen LogP contribution in [-0.4, -0.2) is 28.2 Å². The van der Waals surface area contributed by atoms with E-state index in [1.54, 1.807) is 39.0 Å². The fourth-order valence-electron chi connectivity index (χ4n) is 5.01. The Morgan fingerprint density at radius 2 is 1.93 bits per heavy atom. The van der Waals surface area contributed by atoms with E-state index in [4.69, 9.17) is 9.47 Å². The molecule has 41 heavy (non-hydrogen) atoms. The van der Waals surface area contributed by atoms with Gasteiger partial charge in [0.15, 0.2) is 4.80 Å². The van der Waals surface area contributed by atoms with E-state index in [9.17, 15) is 19.7 Å². The van der Waals surface area contributed by atoms with Crippen molar-refractivity contribution in [2.75, 3.05) is 6.61 Å². The smallest absolute Gasteiger partial charge is 0.338 e. The van der Waals surface area contributed by atoms with Crippen molar-refractivity contribution in [2.24, 2.45) is 4.99 Å². The van der Waals surface area contributed by atoms with Crippen LogP contribution in [0, 0.1) is 17.0 Å². The Morgan fingerprint density at radius 3 is 2.63 bits per heavy atom. The van der Waals surface area contributed by atoms with Crippen LogP contribution >= 0.6 is 11.3 Å². The lowest BCUT2D eigenvalue weighted by molar-refractivity contribution is -0.385. The number of carbonyl (C=O) groups is 1. The highest BCUT2D eigenvalue weighted by Crippen LogP contribution is 2.34. The highest BCUT2D eigenvalue weighted by atomic mass is 32.1. The molecule has 0 N–H and O–H groups in total. The minimum Gasteiger partial charge on any atom is -0.490 e. The summed E-state index contributed by atoms with van der Waals surface area (Å²) in [6, 6.07) is 15.5. The first-order valence-corrected chi connectivity index (χ1v) is 14.0. The molecule has 0 saturated heterocycles. The molecule has 0 unspecified atom stereocenters. The fraction of sp³-hybridized carbons (Fsp3) is 0.258. The molecule has 0 fully saturated rings. The second-order valence-electron chi connectivity index (χ2n) is 9.97. The number of nitro benzene ring substituents is 1. The molecule has 0 saturated carbocycles. The first-order chi connectivity index (χ1) is 19.6. The molecule has 210 valence electrons. The summed E-state index contributed by atoms with van der Waals surface area (Å²) in [4.78, 5) is 43.6. The summed E-state index contributed by atoms with van der Waals surface area (Å²) >= 11 is 1.19. The maximum absolute atomic E-state index is 14.1. The Kier molecular flexibility index (Phi) is 7.59. The summed E-state index contributed by atoms with van der Waals surface area (Å²) in [5.74, 6) is 0.0107. The molecular formula is C31H29N3O6S. The second kappa shape index (κ2) is 11.1. The van der Waals surface area contributed by atoms with Gasteiger partial charge in [-0.3, -0.25) is 19.5 Å². The van der Waals surface area contributed by atoms with E-state index in [-0.39, 0.29) is 29.5 Å². The van der Waals surface area contributed by atoms with E-state index in [1.165, 1.54) is 22.0 Å². The topological polar surface area (TPSA) is 113 Å². The van der Waals surface area contributed by atoms with Crippen molar-refractivity contribution in [2.45, 2.75) is 46.8 Å². The maximum Gasteiger partial charge on any atom is 0.338 e. The number of hydrogen-bond acceptors (Lipinski definition) is 8. The van der Waals surface area contributed by atoms with E-state index >= 15 is 0 Å². The van der Waals surface area contributed by atoms with Gasteiger partial charge >= 0.3 is 5.97 Å². The average molecular weight is 572 g/mol. The summed E-state index contributed by atoms with van der Waals surface area (Å²) in [5.41, 5.74) is 1.72. The summed E-state index contributed by atoms with van der Waals surface area (Å²) in [7, 11) is 0. The van der Waals surface area contributed by atoms with Crippen LogP contribution in [0.4, 0.5) is 5.69 Å². The van der Waals surface area contributed by atoms with E-state index in [0.29, 0.717) is 31.9 Å². The van der Waals surface area contributed by atoms with Crippen molar-refractivity contribution in [3.8, 4) is 5.75 Å². The van der Waals surface area contributed by atoms with Crippen molar-refractivity contribution in [3.05, 3.63) is 112 Å². The number of esters is 1. The number of carbonyl (C=O) groups excluding carboxylic acids is 1. The largest absolute Gasteiger partial charge is 0.490 e. The van der Waals surface area contributed by atoms with Gasteiger partial charge in [-0.1, -0.05) is 53.8 Å². The SMILES string of the molecule is CCOC(=O)C1=C(C)N=c2s/c(=C/c3c(OC(C)C)ccc4ccccc34)c(=O)n2[C@H]1c1ccc(C)c([N+](=O)[O-])c1. The average Bonchev–Trinajstić information content (AvgIpc) is 3.23. The van der Waals surface area contributed by atoms with Gasteiger partial charge in [-0.15, -0.1) is 0 Å². The molecule has 1 aliphatic heterocycles. The van der Waals surface area contributed by atoms with Gasteiger partial charge in [0.05, 0.1) is 39.5 Å². The highest BCUT2D eigenvalue weighted by molar-refractivity contribution is 7.07. The zero-order valence-electron chi connectivity index (χ0n) is 23.3. The molecule has 1 aliphatic rings. The van der Waals surface area contributed by atoms with Crippen LogP contribution in [0.15, 0.2) is 75.7 Å². The van der Waals surface area contributed by atoms with Crippen molar-refractivity contribution in [3.63, 3.8) is 0 Å². The third-order valence-corrected chi connectivity index (χ3v) is 7.81. The molecule has 3 aromatic carbocycles. The quantitative estimate of drug-likeness (QED) is 0.176. The molecule has 2 heterocycles. The number of rotatable bonds is 7. The Morgan fingerprint density at radius 1 is 1.17 bits per heavy atom. The summed E-state index contributed by atoms with van der Waals surface area (Å²) in [5, 5.41) is 13.7. The number of nitro groups is 1. The Bertz CT molecular complexity index is 1920. The minimum atomic E-state index is -0.953. The van der Waals surface area contributed by atoms with Crippen molar-refractivity contribution in [1.82, 2.24) is 4.57 Å². The highest BCUT2D eigenvalue weighted by Gasteiger charge is 2.34. The Hall–Kier alpha value is -4.57. The first-order valence-electron chi connectivity index (χ1n) is 13.2. The van der Waals surface area contributed by atoms with Crippen molar-refractivity contribution < 1.29 is 19.2 Å². The van der Waals surface area contributed by atoms with Crippen LogP contribution in [0.25, 0.3) is 16.8 Å². The molecular weight excluding hydrogens is 542 g/mol. The number of hydrogen-bond donors (Lipinski definition) is 0. The third-order valence-electron chi connectivity index (χ3n) is 6.83. The van der Waals surface area contributed by atoms with E-state index in [1.807, 2.05) is 50.2 Å². The van der Waals surface area contributed by atoms with Crippen LogP contribution < -0.4 is 19.6 Å². The number of fused-ring (bicyclic) bond motifs is 2. The van der Waals surface area contributed by atoms with Gasteiger partial charge in [-0.2, -0.15) is 0 Å². The number of allylic oxidation sites excluding steroid dienone is 1. The lowest BCUT2D eigenvalue weighted by Crippen LogP contribution is -2.40. The number of ether oxygens (including phenoxy) is 2. The lowest BCUT2D eigenvalue weighted by Gasteiger charge is -2.24. The molecule has 4 aromatic rings. The molecule has 0 bridgehead atoms. The number of benzene rings is 3. The van der Waals surface area contributed by atoms with Crippen LogP contribution in [0.1, 0.15) is 50.4 Å². The molecule has 1 aromatic heterocycles. The summed E-state index contributed by atoms with van der Waals surface area (Å²) in [6.45, 7) is 9.01. The number of thiazole rings is 1. The minimum absolute atomic E-state index is 0.0864. The van der Waals surface area contributed by atoms with Gasteiger partial charge in [-0.05, 0) is 63.1 Å². The Labute approximate surface area is 239 Å². The van der Waals surface area contributed by atoms with Gasteiger partial charge < -0.3 is 9.47 Å². The molecule has 10 heteroatoms. The molecule has 0 spiro atoms.